The number of H-pyrrole nitrogens is 2. The molecule has 0 spiro atoms. The lowest BCUT2D eigenvalue weighted by atomic mass is 9.99. The first kappa shape index (κ1) is 14.2. The van der Waals surface area contributed by atoms with Crippen molar-refractivity contribution in [2.24, 2.45) is 0 Å². The van der Waals surface area contributed by atoms with Crippen molar-refractivity contribution in [3.8, 4) is 0 Å². The first-order valence-corrected chi connectivity index (χ1v) is 8.14. The molecule has 0 aliphatic carbocycles. The zero-order valence-corrected chi connectivity index (χ0v) is 13.3. The summed E-state index contributed by atoms with van der Waals surface area (Å²) in [6.45, 7) is 1.62. The van der Waals surface area contributed by atoms with Gasteiger partial charge in [-0.25, -0.2) is 14.4 Å². The minimum atomic E-state index is -0.224. The zero-order valence-electron chi connectivity index (χ0n) is 13.3. The summed E-state index contributed by atoms with van der Waals surface area (Å²) in [7, 11) is 0. The minimum absolute atomic E-state index is 0.224. The molecule has 1 aliphatic heterocycles. The van der Waals surface area contributed by atoms with Crippen LogP contribution in [0, 0.1) is 5.82 Å². The molecule has 7 heteroatoms. The molecule has 1 aliphatic rings. The lowest BCUT2D eigenvalue weighted by molar-refractivity contribution is 0.629. The third-order valence-corrected chi connectivity index (χ3v) is 4.73. The molecule has 0 fully saturated rings. The SMILES string of the molecule is Fc1ccc2c(C3=CCN(c4ncnc5[nH]ncc45)CC3)c[nH]c2c1. The molecule has 0 unspecified atom stereocenters. The third kappa shape index (κ3) is 2.27. The topological polar surface area (TPSA) is 73.5 Å². The Morgan fingerprint density at radius 2 is 2.12 bits per heavy atom. The van der Waals surface area contributed by atoms with Crippen molar-refractivity contribution < 1.29 is 4.39 Å². The van der Waals surface area contributed by atoms with Gasteiger partial charge >= 0.3 is 0 Å². The van der Waals surface area contributed by atoms with Crippen molar-refractivity contribution in [2.45, 2.75) is 6.42 Å². The van der Waals surface area contributed by atoms with E-state index in [-0.39, 0.29) is 5.82 Å². The number of hydrogen-bond donors (Lipinski definition) is 2. The van der Waals surface area contributed by atoms with Gasteiger partial charge in [-0.2, -0.15) is 5.10 Å². The summed E-state index contributed by atoms with van der Waals surface area (Å²) in [5.74, 6) is 0.674. The van der Waals surface area contributed by atoms with Gasteiger partial charge in [0.15, 0.2) is 5.65 Å². The van der Waals surface area contributed by atoms with Gasteiger partial charge in [0, 0.05) is 35.8 Å². The molecule has 25 heavy (non-hydrogen) atoms. The highest BCUT2D eigenvalue weighted by Gasteiger charge is 2.19. The first-order chi connectivity index (χ1) is 12.3. The van der Waals surface area contributed by atoms with E-state index in [1.165, 1.54) is 17.7 Å². The molecular formula is C18H15FN6. The van der Waals surface area contributed by atoms with Gasteiger partial charge < -0.3 is 9.88 Å². The van der Waals surface area contributed by atoms with E-state index < -0.39 is 0 Å². The molecule has 6 nitrogen and oxygen atoms in total. The third-order valence-electron chi connectivity index (χ3n) is 4.73. The van der Waals surface area contributed by atoms with Crippen molar-refractivity contribution in [2.75, 3.05) is 18.0 Å². The maximum Gasteiger partial charge on any atom is 0.160 e. The van der Waals surface area contributed by atoms with Gasteiger partial charge in [-0.15, -0.1) is 0 Å². The molecule has 4 heterocycles. The van der Waals surface area contributed by atoms with Crippen LogP contribution < -0.4 is 4.90 Å². The van der Waals surface area contributed by atoms with Gasteiger partial charge in [0.05, 0.1) is 11.6 Å². The Morgan fingerprint density at radius 3 is 3.00 bits per heavy atom. The molecule has 0 saturated heterocycles. The summed E-state index contributed by atoms with van der Waals surface area (Å²) >= 11 is 0. The van der Waals surface area contributed by atoms with E-state index in [9.17, 15) is 4.39 Å². The maximum atomic E-state index is 13.4. The second kappa shape index (κ2) is 5.41. The van der Waals surface area contributed by atoms with E-state index in [1.54, 1.807) is 12.5 Å². The summed E-state index contributed by atoms with van der Waals surface area (Å²) in [5.41, 5.74) is 3.99. The van der Waals surface area contributed by atoms with Crippen LogP contribution in [0.25, 0.3) is 27.5 Å². The monoisotopic (exact) mass is 334 g/mol. The Morgan fingerprint density at radius 1 is 1.16 bits per heavy atom. The van der Waals surface area contributed by atoms with Gasteiger partial charge in [-0.3, -0.25) is 5.10 Å². The van der Waals surface area contributed by atoms with E-state index >= 15 is 0 Å². The van der Waals surface area contributed by atoms with Crippen molar-refractivity contribution >= 4 is 33.3 Å². The number of nitrogens with one attached hydrogen (secondary N) is 2. The number of fused-ring (bicyclic) bond motifs is 2. The molecular weight excluding hydrogens is 319 g/mol. The molecule has 5 rings (SSSR count). The van der Waals surface area contributed by atoms with E-state index in [4.69, 9.17) is 0 Å². The molecule has 0 bridgehead atoms. The van der Waals surface area contributed by atoms with Crippen LogP contribution in [0.4, 0.5) is 10.2 Å². The van der Waals surface area contributed by atoms with Crippen molar-refractivity contribution in [3.63, 3.8) is 0 Å². The molecule has 124 valence electrons. The number of hydrogen-bond acceptors (Lipinski definition) is 4. The average molecular weight is 334 g/mol. The fraction of sp³-hybridized carbons (Fsp3) is 0.167. The Labute approximate surface area is 142 Å². The maximum absolute atomic E-state index is 13.4. The minimum Gasteiger partial charge on any atom is -0.360 e. The first-order valence-electron chi connectivity index (χ1n) is 8.14. The van der Waals surface area contributed by atoms with Crippen molar-refractivity contribution in [3.05, 3.63) is 54.4 Å². The zero-order chi connectivity index (χ0) is 16.8. The molecule has 0 amide bonds. The molecule has 0 saturated carbocycles. The number of nitrogens with zero attached hydrogens (tertiary/aromatic N) is 4. The van der Waals surface area contributed by atoms with Crippen LogP contribution in [0.3, 0.4) is 0 Å². The summed E-state index contributed by atoms with van der Waals surface area (Å²) in [6.07, 6.45) is 8.39. The second-order valence-electron chi connectivity index (χ2n) is 6.15. The van der Waals surface area contributed by atoms with Crippen LogP contribution in [0.1, 0.15) is 12.0 Å². The van der Waals surface area contributed by atoms with Gasteiger partial charge in [0.2, 0.25) is 0 Å². The fourth-order valence-electron chi connectivity index (χ4n) is 3.47. The molecule has 1 aromatic carbocycles. The molecule has 0 atom stereocenters. The second-order valence-corrected chi connectivity index (χ2v) is 6.15. The summed E-state index contributed by atoms with van der Waals surface area (Å²) in [4.78, 5) is 14.0. The summed E-state index contributed by atoms with van der Waals surface area (Å²) in [6, 6.07) is 4.88. The van der Waals surface area contributed by atoms with Crippen LogP contribution in [0.15, 0.2) is 43.0 Å². The summed E-state index contributed by atoms with van der Waals surface area (Å²) in [5, 5.41) is 8.91. The van der Waals surface area contributed by atoms with Gasteiger partial charge in [-0.1, -0.05) is 6.08 Å². The van der Waals surface area contributed by atoms with E-state index in [1.807, 2.05) is 12.3 Å². The van der Waals surface area contributed by atoms with E-state index in [2.05, 4.69) is 36.1 Å². The largest absolute Gasteiger partial charge is 0.360 e. The quantitative estimate of drug-likeness (QED) is 0.590. The highest BCUT2D eigenvalue weighted by molar-refractivity contribution is 5.93. The predicted octanol–water partition coefficient (Wildman–Crippen LogP) is 3.27. The number of anilines is 1. The van der Waals surface area contributed by atoms with Gasteiger partial charge in [-0.05, 0) is 30.2 Å². The number of benzene rings is 1. The number of rotatable bonds is 2. The Bertz CT molecular complexity index is 1110. The van der Waals surface area contributed by atoms with Gasteiger partial charge in [0.1, 0.15) is 18.0 Å². The number of aromatic nitrogens is 5. The Hall–Kier alpha value is -3.22. The van der Waals surface area contributed by atoms with Crippen LogP contribution in [-0.2, 0) is 0 Å². The van der Waals surface area contributed by atoms with Crippen LogP contribution in [0.5, 0.6) is 0 Å². The van der Waals surface area contributed by atoms with Crippen molar-refractivity contribution in [1.29, 1.82) is 0 Å². The van der Waals surface area contributed by atoms with Crippen LogP contribution in [0.2, 0.25) is 0 Å². The Balaban J connectivity index is 1.48. The van der Waals surface area contributed by atoms with Crippen molar-refractivity contribution in [1.82, 2.24) is 25.1 Å². The lowest BCUT2D eigenvalue weighted by Gasteiger charge is -2.27. The number of aromatic amines is 2. The molecule has 2 N–H and O–H groups in total. The Kier molecular flexibility index (Phi) is 3.06. The van der Waals surface area contributed by atoms with E-state index in [0.29, 0.717) is 0 Å². The molecule has 4 aromatic rings. The molecule has 0 radical (unpaired) electrons. The normalized spacial score (nSPS) is 15.1. The van der Waals surface area contributed by atoms with Gasteiger partial charge in [0.25, 0.3) is 0 Å². The lowest BCUT2D eigenvalue weighted by Crippen LogP contribution is -2.29. The highest BCUT2D eigenvalue weighted by atomic mass is 19.1. The fourth-order valence-corrected chi connectivity index (χ4v) is 3.47. The average Bonchev–Trinajstić information content (AvgIpc) is 3.28. The summed E-state index contributed by atoms with van der Waals surface area (Å²) < 4.78 is 13.4. The molecule has 3 aromatic heterocycles. The van der Waals surface area contributed by atoms with E-state index in [0.717, 1.165) is 52.8 Å². The van der Waals surface area contributed by atoms with Crippen LogP contribution in [-0.4, -0.2) is 38.2 Å². The van der Waals surface area contributed by atoms with Crippen LogP contribution >= 0.6 is 0 Å². The number of halogens is 1. The highest BCUT2D eigenvalue weighted by Crippen LogP contribution is 2.31. The standard InChI is InChI=1S/C18H15FN6/c19-12-1-2-13-14(8-20-16(13)7-12)11-3-5-25(6-4-11)18-15-9-23-24-17(15)21-10-22-18/h1-3,7-10,20H,4-6H2,(H,21,22,23,24). The predicted molar refractivity (Wildman–Crippen MR) is 94.7 cm³/mol. The smallest absolute Gasteiger partial charge is 0.160 e.